The molecule has 0 bridgehead atoms. The molecule has 1 aliphatic heterocycles. The number of nitriles is 1. The lowest BCUT2D eigenvalue weighted by Gasteiger charge is -2.24. The molecule has 0 spiro atoms. The van der Waals surface area contributed by atoms with Gasteiger partial charge in [-0.2, -0.15) is 5.26 Å². The van der Waals surface area contributed by atoms with Crippen LogP contribution in [-0.2, 0) is 16.0 Å². The normalized spacial score (nSPS) is 24.0. The van der Waals surface area contributed by atoms with Crippen molar-refractivity contribution >= 4 is 5.91 Å². The molecular formula is C17H22N2O2. The molecule has 4 heteroatoms. The molecule has 1 aliphatic rings. The maximum Gasteiger partial charge on any atom is 0.226 e. The summed E-state index contributed by atoms with van der Waals surface area (Å²) in [7, 11) is 0. The van der Waals surface area contributed by atoms with Crippen molar-refractivity contribution in [2.45, 2.75) is 44.8 Å². The third-order valence-corrected chi connectivity index (χ3v) is 3.97. The highest BCUT2D eigenvalue weighted by atomic mass is 16.5. The van der Waals surface area contributed by atoms with Crippen LogP contribution in [0.4, 0.5) is 0 Å². The van der Waals surface area contributed by atoms with E-state index in [0.717, 1.165) is 12.8 Å². The number of benzene rings is 1. The largest absolute Gasteiger partial charge is 0.378 e. The van der Waals surface area contributed by atoms with Gasteiger partial charge in [0, 0.05) is 0 Å². The quantitative estimate of drug-likeness (QED) is 0.904. The van der Waals surface area contributed by atoms with E-state index in [0.29, 0.717) is 13.0 Å². The molecule has 1 saturated heterocycles. The number of hydrogen-bond donors (Lipinski definition) is 1. The average molecular weight is 286 g/mol. The minimum atomic E-state index is -0.835. The van der Waals surface area contributed by atoms with Crippen LogP contribution in [0.25, 0.3) is 0 Å². The number of ether oxygens (including phenoxy) is 1. The summed E-state index contributed by atoms with van der Waals surface area (Å²) < 4.78 is 5.42. The first-order valence-corrected chi connectivity index (χ1v) is 7.41. The average Bonchev–Trinajstić information content (AvgIpc) is 2.93. The topological polar surface area (TPSA) is 62.1 Å². The molecule has 0 saturated carbocycles. The van der Waals surface area contributed by atoms with Crippen molar-refractivity contribution in [2.24, 2.45) is 5.92 Å². The first-order valence-electron chi connectivity index (χ1n) is 7.41. The van der Waals surface area contributed by atoms with Crippen molar-refractivity contribution in [1.82, 2.24) is 5.32 Å². The third-order valence-electron chi connectivity index (χ3n) is 3.97. The lowest BCUT2D eigenvalue weighted by molar-refractivity contribution is -0.126. The highest BCUT2D eigenvalue weighted by molar-refractivity contribution is 5.80. The predicted octanol–water partition coefficient (Wildman–Crippen LogP) is 2.44. The second kappa shape index (κ2) is 6.73. The number of nitrogens with one attached hydrogen (secondary N) is 1. The second-order valence-corrected chi connectivity index (χ2v) is 6.00. The monoisotopic (exact) mass is 286 g/mol. The minimum absolute atomic E-state index is 0.0727. The molecule has 1 aromatic rings. The number of carbonyl (C=O) groups is 1. The summed E-state index contributed by atoms with van der Waals surface area (Å²) in [4.78, 5) is 12.2. The van der Waals surface area contributed by atoms with Crippen LogP contribution in [0.2, 0.25) is 0 Å². The Balaban J connectivity index is 1.91. The van der Waals surface area contributed by atoms with Crippen molar-refractivity contribution in [3.63, 3.8) is 0 Å². The number of amides is 1. The van der Waals surface area contributed by atoms with Crippen LogP contribution in [0.15, 0.2) is 30.3 Å². The fraction of sp³-hybridized carbons (Fsp3) is 0.529. The highest BCUT2D eigenvalue weighted by Gasteiger charge is 2.33. The van der Waals surface area contributed by atoms with E-state index in [9.17, 15) is 10.1 Å². The second-order valence-electron chi connectivity index (χ2n) is 6.00. The lowest BCUT2D eigenvalue weighted by Crippen LogP contribution is -2.47. The maximum atomic E-state index is 12.2. The SMILES string of the molecule is CC1CC(C(=O)NC(C)(C#N)CCc2ccccc2)CO1. The van der Waals surface area contributed by atoms with Crippen molar-refractivity contribution in [2.75, 3.05) is 6.61 Å². The molecule has 1 fully saturated rings. The Morgan fingerprint density at radius 3 is 2.76 bits per heavy atom. The first-order chi connectivity index (χ1) is 10.0. The Morgan fingerprint density at radius 1 is 1.48 bits per heavy atom. The summed E-state index contributed by atoms with van der Waals surface area (Å²) in [5.74, 6) is -0.208. The van der Waals surface area contributed by atoms with Gasteiger partial charge >= 0.3 is 0 Å². The van der Waals surface area contributed by atoms with Crippen LogP contribution in [-0.4, -0.2) is 24.2 Å². The summed E-state index contributed by atoms with van der Waals surface area (Å²) in [6, 6.07) is 12.2. The number of aryl methyl sites for hydroxylation is 1. The van der Waals surface area contributed by atoms with Crippen LogP contribution < -0.4 is 5.32 Å². The van der Waals surface area contributed by atoms with E-state index in [1.54, 1.807) is 6.92 Å². The van der Waals surface area contributed by atoms with E-state index < -0.39 is 5.54 Å². The minimum Gasteiger partial charge on any atom is -0.378 e. The zero-order valence-electron chi connectivity index (χ0n) is 12.6. The van der Waals surface area contributed by atoms with Gasteiger partial charge < -0.3 is 10.1 Å². The molecule has 2 rings (SSSR count). The molecule has 21 heavy (non-hydrogen) atoms. The fourth-order valence-electron chi connectivity index (χ4n) is 2.56. The molecule has 0 aromatic heterocycles. The van der Waals surface area contributed by atoms with Gasteiger partial charge in [-0.3, -0.25) is 4.79 Å². The van der Waals surface area contributed by atoms with Crippen LogP contribution in [0.3, 0.4) is 0 Å². The number of carbonyl (C=O) groups excluding carboxylic acids is 1. The van der Waals surface area contributed by atoms with Gasteiger partial charge in [-0.15, -0.1) is 0 Å². The number of rotatable bonds is 5. The van der Waals surface area contributed by atoms with Gasteiger partial charge in [-0.05, 0) is 38.7 Å². The fourth-order valence-corrected chi connectivity index (χ4v) is 2.56. The van der Waals surface area contributed by atoms with Crippen molar-refractivity contribution in [3.8, 4) is 6.07 Å². The Morgan fingerprint density at radius 2 is 2.19 bits per heavy atom. The number of nitrogens with zero attached hydrogens (tertiary/aromatic N) is 1. The molecule has 112 valence electrons. The van der Waals surface area contributed by atoms with Crippen molar-refractivity contribution in [1.29, 1.82) is 5.26 Å². The van der Waals surface area contributed by atoms with Crippen molar-refractivity contribution < 1.29 is 9.53 Å². The van der Waals surface area contributed by atoms with Crippen LogP contribution in [0.1, 0.15) is 32.3 Å². The smallest absolute Gasteiger partial charge is 0.226 e. The van der Waals surface area contributed by atoms with E-state index in [-0.39, 0.29) is 17.9 Å². The van der Waals surface area contributed by atoms with E-state index in [2.05, 4.69) is 11.4 Å². The summed E-state index contributed by atoms with van der Waals surface area (Å²) >= 11 is 0. The van der Waals surface area contributed by atoms with Gasteiger partial charge in [0.05, 0.1) is 24.7 Å². The zero-order chi connectivity index (χ0) is 15.3. The molecule has 4 nitrogen and oxygen atoms in total. The van der Waals surface area contributed by atoms with Gasteiger partial charge in [0.1, 0.15) is 5.54 Å². The van der Waals surface area contributed by atoms with Crippen molar-refractivity contribution in [3.05, 3.63) is 35.9 Å². The summed E-state index contributed by atoms with van der Waals surface area (Å²) in [6.07, 6.45) is 2.22. The molecular weight excluding hydrogens is 264 g/mol. The molecule has 1 amide bonds. The van der Waals surface area contributed by atoms with Crippen LogP contribution in [0.5, 0.6) is 0 Å². The highest BCUT2D eigenvalue weighted by Crippen LogP contribution is 2.21. The summed E-state index contributed by atoms with van der Waals surface area (Å²) in [5, 5.41) is 12.3. The first kappa shape index (κ1) is 15.5. The Bertz CT molecular complexity index is 523. The van der Waals surface area contributed by atoms with Gasteiger partial charge in [-0.1, -0.05) is 30.3 Å². The van der Waals surface area contributed by atoms with E-state index in [1.807, 2.05) is 37.3 Å². The van der Waals surface area contributed by atoms with Crippen LogP contribution in [0, 0.1) is 17.2 Å². The van der Waals surface area contributed by atoms with Gasteiger partial charge in [0.2, 0.25) is 5.91 Å². The van der Waals surface area contributed by atoms with Gasteiger partial charge in [-0.25, -0.2) is 0 Å². The lowest BCUT2D eigenvalue weighted by atomic mass is 9.93. The maximum absolute atomic E-state index is 12.2. The Labute approximate surface area is 126 Å². The summed E-state index contributed by atoms with van der Waals surface area (Å²) in [5.41, 5.74) is 0.338. The van der Waals surface area contributed by atoms with E-state index in [4.69, 9.17) is 4.74 Å². The Hall–Kier alpha value is -1.86. The van der Waals surface area contributed by atoms with Crippen LogP contribution >= 0.6 is 0 Å². The zero-order valence-corrected chi connectivity index (χ0v) is 12.6. The molecule has 3 unspecified atom stereocenters. The Kier molecular flexibility index (Phi) is 4.98. The molecule has 1 heterocycles. The third kappa shape index (κ3) is 4.30. The van der Waals surface area contributed by atoms with Gasteiger partial charge in [0.25, 0.3) is 0 Å². The number of hydrogen-bond acceptors (Lipinski definition) is 3. The molecule has 0 radical (unpaired) electrons. The van der Waals surface area contributed by atoms with E-state index in [1.165, 1.54) is 5.56 Å². The van der Waals surface area contributed by atoms with E-state index >= 15 is 0 Å². The standard InChI is InChI=1S/C17H22N2O2/c1-13-10-15(11-21-13)16(20)19-17(2,12-18)9-8-14-6-4-3-5-7-14/h3-7,13,15H,8-11H2,1-2H3,(H,19,20). The van der Waals surface area contributed by atoms with Gasteiger partial charge in [0.15, 0.2) is 0 Å². The summed E-state index contributed by atoms with van der Waals surface area (Å²) in [6.45, 7) is 4.20. The molecule has 0 aliphatic carbocycles. The molecule has 1 aromatic carbocycles. The molecule has 1 N–H and O–H groups in total. The molecule has 3 atom stereocenters. The predicted molar refractivity (Wildman–Crippen MR) is 80.4 cm³/mol.